The van der Waals surface area contributed by atoms with Gasteiger partial charge in [-0.1, -0.05) is 0 Å². The second-order valence-electron chi connectivity index (χ2n) is 4.77. The van der Waals surface area contributed by atoms with Crippen molar-refractivity contribution >= 4 is 34.2 Å². The van der Waals surface area contributed by atoms with Crippen LogP contribution >= 0.6 is 22.6 Å². The number of aryl methyl sites for hydroxylation is 2. The molecule has 0 radical (unpaired) electrons. The smallest absolute Gasteiger partial charge is 0.254 e. The van der Waals surface area contributed by atoms with Crippen molar-refractivity contribution in [2.75, 3.05) is 5.32 Å². The van der Waals surface area contributed by atoms with Crippen LogP contribution < -0.4 is 10.9 Å². The number of rotatable bonds is 4. The van der Waals surface area contributed by atoms with E-state index in [-0.39, 0.29) is 17.9 Å². The van der Waals surface area contributed by atoms with Crippen LogP contribution in [0.1, 0.15) is 23.5 Å². The Morgan fingerprint density at radius 1 is 1.29 bits per heavy atom. The molecule has 0 aliphatic rings. The number of nitrogens with zero attached hydrogens (tertiary/aromatic N) is 1. The zero-order valence-electron chi connectivity index (χ0n) is 11.9. The third-order valence-corrected chi connectivity index (χ3v) is 3.79. The summed E-state index contributed by atoms with van der Waals surface area (Å²) in [6.45, 7) is 3.52. The third kappa shape index (κ3) is 4.38. The second kappa shape index (κ2) is 6.84. The molecule has 5 nitrogen and oxygen atoms in total. The van der Waals surface area contributed by atoms with Gasteiger partial charge in [0.25, 0.3) is 5.56 Å². The molecule has 0 unspecified atom stereocenters. The quantitative estimate of drug-likeness (QED) is 0.779. The van der Waals surface area contributed by atoms with E-state index in [0.29, 0.717) is 23.5 Å². The Kier molecular flexibility index (Phi) is 5.11. The van der Waals surface area contributed by atoms with Crippen molar-refractivity contribution in [1.82, 2.24) is 9.97 Å². The van der Waals surface area contributed by atoms with Crippen LogP contribution in [-0.4, -0.2) is 15.9 Å². The van der Waals surface area contributed by atoms with Gasteiger partial charge in [-0.05, 0) is 67.1 Å². The van der Waals surface area contributed by atoms with Crippen molar-refractivity contribution in [3.63, 3.8) is 0 Å². The van der Waals surface area contributed by atoms with Gasteiger partial charge in [-0.25, -0.2) is 4.98 Å². The lowest BCUT2D eigenvalue weighted by molar-refractivity contribution is -0.116. The first-order valence-corrected chi connectivity index (χ1v) is 7.65. The first-order chi connectivity index (χ1) is 9.95. The largest absolute Gasteiger partial charge is 0.326 e. The number of aromatic nitrogens is 2. The van der Waals surface area contributed by atoms with E-state index >= 15 is 0 Å². The van der Waals surface area contributed by atoms with Crippen molar-refractivity contribution in [1.29, 1.82) is 0 Å². The number of aromatic amines is 1. The highest BCUT2D eigenvalue weighted by Gasteiger charge is 2.09. The summed E-state index contributed by atoms with van der Waals surface area (Å²) in [6.07, 6.45) is 0.630. The van der Waals surface area contributed by atoms with Crippen LogP contribution in [0.2, 0.25) is 0 Å². The van der Waals surface area contributed by atoms with Crippen LogP contribution in [0.15, 0.2) is 29.1 Å². The summed E-state index contributed by atoms with van der Waals surface area (Å²) >= 11 is 2.21. The minimum Gasteiger partial charge on any atom is -0.326 e. The van der Waals surface area contributed by atoms with Gasteiger partial charge in [0, 0.05) is 26.9 Å². The van der Waals surface area contributed by atoms with E-state index in [1.165, 1.54) is 0 Å². The van der Waals surface area contributed by atoms with Crippen molar-refractivity contribution in [3.05, 3.63) is 55.3 Å². The standard InChI is InChI=1S/C15H16IN3O2/c1-9-13(15(21)18-10(2)17-9)7-8-14(20)19-12-5-3-11(16)4-6-12/h3-6H,7-8H2,1-2H3,(H,19,20)(H,17,18,21). The molecular formula is C15H16IN3O2. The molecule has 0 atom stereocenters. The predicted molar refractivity (Wildman–Crippen MR) is 90.4 cm³/mol. The number of benzene rings is 1. The van der Waals surface area contributed by atoms with Gasteiger partial charge in [0.05, 0.1) is 0 Å². The molecule has 2 rings (SSSR count). The lowest BCUT2D eigenvalue weighted by Gasteiger charge is -2.07. The van der Waals surface area contributed by atoms with Gasteiger partial charge >= 0.3 is 0 Å². The summed E-state index contributed by atoms with van der Waals surface area (Å²) in [5.41, 5.74) is 1.84. The molecule has 1 aromatic carbocycles. The Morgan fingerprint density at radius 2 is 1.95 bits per heavy atom. The van der Waals surface area contributed by atoms with Crippen LogP contribution in [0, 0.1) is 17.4 Å². The van der Waals surface area contributed by atoms with Crippen molar-refractivity contribution < 1.29 is 4.79 Å². The van der Waals surface area contributed by atoms with Gasteiger partial charge in [0.2, 0.25) is 5.91 Å². The summed E-state index contributed by atoms with van der Waals surface area (Å²) in [5, 5.41) is 2.81. The van der Waals surface area contributed by atoms with Gasteiger partial charge in [0.15, 0.2) is 0 Å². The van der Waals surface area contributed by atoms with Gasteiger partial charge in [-0.2, -0.15) is 0 Å². The molecule has 1 aromatic heterocycles. The molecule has 0 spiro atoms. The monoisotopic (exact) mass is 397 g/mol. The predicted octanol–water partition coefficient (Wildman–Crippen LogP) is 2.56. The minimum atomic E-state index is -0.165. The number of hydrogen-bond donors (Lipinski definition) is 2. The van der Waals surface area contributed by atoms with E-state index in [1.807, 2.05) is 24.3 Å². The van der Waals surface area contributed by atoms with Gasteiger partial charge in [-0.3, -0.25) is 9.59 Å². The normalized spacial score (nSPS) is 10.4. The molecular weight excluding hydrogens is 381 g/mol. The molecule has 2 N–H and O–H groups in total. The SMILES string of the molecule is Cc1nc(C)c(CCC(=O)Nc2ccc(I)cc2)c(=O)[nH]1. The van der Waals surface area contributed by atoms with E-state index in [1.54, 1.807) is 13.8 Å². The van der Waals surface area contributed by atoms with Gasteiger partial charge in [0.1, 0.15) is 5.82 Å². The molecule has 2 aromatic rings. The highest BCUT2D eigenvalue weighted by Crippen LogP contribution is 2.12. The van der Waals surface area contributed by atoms with Crippen LogP contribution in [-0.2, 0) is 11.2 Å². The van der Waals surface area contributed by atoms with E-state index < -0.39 is 0 Å². The summed E-state index contributed by atoms with van der Waals surface area (Å²) in [7, 11) is 0. The molecule has 110 valence electrons. The number of halogens is 1. The number of nitrogens with one attached hydrogen (secondary N) is 2. The average Bonchev–Trinajstić information content (AvgIpc) is 2.40. The van der Waals surface area contributed by atoms with Crippen molar-refractivity contribution in [2.45, 2.75) is 26.7 Å². The van der Waals surface area contributed by atoms with E-state index in [2.05, 4.69) is 37.9 Å². The van der Waals surface area contributed by atoms with E-state index in [9.17, 15) is 9.59 Å². The maximum absolute atomic E-state index is 11.9. The van der Waals surface area contributed by atoms with Gasteiger partial charge in [-0.15, -0.1) is 0 Å². The van der Waals surface area contributed by atoms with E-state index in [0.717, 1.165) is 9.26 Å². The molecule has 0 bridgehead atoms. The maximum Gasteiger partial charge on any atom is 0.254 e. The lowest BCUT2D eigenvalue weighted by Crippen LogP contribution is -2.20. The van der Waals surface area contributed by atoms with Crippen LogP contribution in [0.25, 0.3) is 0 Å². The molecule has 0 aliphatic heterocycles. The molecule has 1 amide bonds. The number of carbonyl (C=O) groups is 1. The lowest BCUT2D eigenvalue weighted by atomic mass is 10.1. The molecule has 1 heterocycles. The molecule has 21 heavy (non-hydrogen) atoms. The van der Waals surface area contributed by atoms with E-state index in [4.69, 9.17) is 0 Å². The highest BCUT2D eigenvalue weighted by atomic mass is 127. The highest BCUT2D eigenvalue weighted by molar-refractivity contribution is 14.1. The first-order valence-electron chi connectivity index (χ1n) is 6.57. The number of carbonyl (C=O) groups excluding carboxylic acids is 1. The maximum atomic E-state index is 11.9. The Hall–Kier alpha value is -1.70. The number of anilines is 1. The fraction of sp³-hybridized carbons (Fsp3) is 0.267. The number of H-pyrrole nitrogens is 1. The van der Waals surface area contributed by atoms with Crippen molar-refractivity contribution in [3.8, 4) is 0 Å². The molecule has 0 saturated carbocycles. The number of hydrogen-bond acceptors (Lipinski definition) is 3. The van der Waals surface area contributed by atoms with Crippen LogP contribution in [0.4, 0.5) is 5.69 Å². The summed E-state index contributed by atoms with van der Waals surface area (Å²) in [4.78, 5) is 30.6. The fourth-order valence-corrected chi connectivity index (χ4v) is 2.40. The topological polar surface area (TPSA) is 74.8 Å². The Bertz CT molecular complexity index is 708. The number of amides is 1. The molecule has 0 saturated heterocycles. The molecule has 6 heteroatoms. The minimum absolute atomic E-state index is 0.115. The van der Waals surface area contributed by atoms with Crippen molar-refractivity contribution in [2.24, 2.45) is 0 Å². The zero-order valence-corrected chi connectivity index (χ0v) is 14.0. The summed E-state index contributed by atoms with van der Waals surface area (Å²) in [6, 6.07) is 7.56. The average molecular weight is 397 g/mol. The Labute approximate surface area is 136 Å². The summed E-state index contributed by atoms with van der Waals surface area (Å²) in [5.74, 6) is 0.472. The zero-order chi connectivity index (χ0) is 15.4. The fourth-order valence-electron chi connectivity index (χ4n) is 2.04. The Balaban J connectivity index is 1.98. The third-order valence-electron chi connectivity index (χ3n) is 3.07. The first kappa shape index (κ1) is 15.7. The van der Waals surface area contributed by atoms with Crippen LogP contribution in [0.5, 0.6) is 0 Å². The van der Waals surface area contributed by atoms with Gasteiger partial charge < -0.3 is 10.3 Å². The van der Waals surface area contributed by atoms with Crippen LogP contribution in [0.3, 0.4) is 0 Å². The Morgan fingerprint density at radius 3 is 2.57 bits per heavy atom. The summed E-state index contributed by atoms with van der Waals surface area (Å²) < 4.78 is 1.11. The molecule has 0 aliphatic carbocycles. The molecule has 0 fully saturated rings. The second-order valence-corrected chi connectivity index (χ2v) is 6.02.